The van der Waals surface area contributed by atoms with Crippen LogP contribution in [0.5, 0.6) is 0 Å². The minimum atomic E-state index is -4.12. The standard InChI is InChI=1S/C11H13F2NO4S2/c12-9(13)7-4-19-5-8(7)20(17,18)14-6-11(10(15)16)2-1-3-11/h4-5,9,14H,1-3,6H2,(H,15,16). The summed E-state index contributed by atoms with van der Waals surface area (Å²) in [6.07, 6.45) is -1.40. The van der Waals surface area contributed by atoms with Gasteiger partial charge in [0.25, 0.3) is 6.43 Å². The van der Waals surface area contributed by atoms with Gasteiger partial charge in [-0.1, -0.05) is 6.42 Å². The molecule has 1 aromatic rings. The molecule has 0 spiro atoms. The maximum absolute atomic E-state index is 12.7. The van der Waals surface area contributed by atoms with Gasteiger partial charge in [-0.3, -0.25) is 4.79 Å². The van der Waals surface area contributed by atoms with E-state index >= 15 is 0 Å². The molecule has 0 unspecified atom stereocenters. The number of nitrogens with one attached hydrogen (secondary N) is 1. The van der Waals surface area contributed by atoms with Crippen LogP contribution in [0.2, 0.25) is 0 Å². The number of halogens is 2. The van der Waals surface area contributed by atoms with Crippen molar-refractivity contribution < 1.29 is 27.1 Å². The molecule has 0 atom stereocenters. The van der Waals surface area contributed by atoms with E-state index in [9.17, 15) is 22.0 Å². The summed E-state index contributed by atoms with van der Waals surface area (Å²) in [7, 11) is -4.12. The molecule has 9 heteroatoms. The number of sulfonamides is 1. The Kier molecular flexibility index (Phi) is 4.12. The molecule has 1 heterocycles. The average Bonchev–Trinajstić information content (AvgIpc) is 2.76. The Morgan fingerprint density at radius 1 is 1.45 bits per heavy atom. The summed E-state index contributed by atoms with van der Waals surface area (Å²) in [5, 5.41) is 11.3. The molecule has 1 aliphatic rings. The van der Waals surface area contributed by atoms with Crippen LogP contribution in [0.4, 0.5) is 8.78 Å². The molecule has 0 aromatic carbocycles. The van der Waals surface area contributed by atoms with Gasteiger partial charge < -0.3 is 5.11 Å². The van der Waals surface area contributed by atoms with E-state index in [0.29, 0.717) is 12.8 Å². The predicted octanol–water partition coefficient (Wildman–Crippen LogP) is 2.22. The minimum absolute atomic E-state index is 0.275. The Morgan fingerprint density at radius 3 is 2.55 bits per heavy atom. The van der Waals surface area contributed by atoms with Crippen molar-refractivity contribution in [2.75, 3.05) is 6.54 Å². The summed E-state index contributed by atoms with van der Waals surface area (Å²) >= 11 is 0.865. The molecule has 112 valence electrons. The molecule has 1 saturated carbocycles. The summed E-state index contributed by atoms with van der Waals surface area (Å²) in [5.74, 6) is -1.06. The van der Waals surface area contributed by atoms with Gasteiger partial charge >= 0.3 is 5.97 Å². The SMILES string of the molecule is O=C(O)C1(CNS(=O)(=O)c2cscc2C(F)F)CCC1. The van der Waals surface area contributed by atoms with Gasteiger partial charge in [0.1, 0.15) is 4.90 Å². The first kappa shape index (κ1) is 15.3. The molecule has 1 fully saturated rings. The zero-order valence-corrected chi connectivity index (χ0v) is 11.9. The lowest BCUT2D eigenvalue weighted by Gasteiger charge is -2.37. The quantitative estimate of drug-likeness (QED) is 0.840. The number of thiophene rings is 1. The smallest absolute Gasteiger partial charge is 0.310 e. The summed E-state index contributed by atoms with van der Waals surface area (Å²) in [4.78, 5) is 10.7. The zero-order chi connectivity index (χ0) is 15.0. The molecule has 0 bridgehead atoms. The van der Waals surface area contributed by atoms with E-state index < -0.39 is 38.3 Å². The Balaban J connectivity index is 2.16. The van der Waals surface area contributed by atoms with Crippen molar-refractivity contribution in [3.8, 4) is 0 Å². The van der Waals surface area contributed by atoms with Crippen molar-refractivity contribution in [3.05, 3.63) is 16.3 Å². The largest absolute Gasteiger partial charge is 0.481 e. The number of aliphatic carboxylic acids is 1. The van der Waals surface area contributed by atoms with Crippen LogP contribution in [0.1, 0.15) is 31.3 Å². The Hall–Kier alpha value is -1.06. The van der Waals surface area contributed by atoms with Crippen molar-refractivity contribution in [3.63, 3.8) is 0 Å². The number of carbonyl (C=O) groups is 1. The summed E-state index contributed by atoms with van der Waals surface area (Å²) in [6.45, 7) is -0.275. The molecule has 0 aliphatic heterocycles. The molecule has 1 aromatic heterocycles. The molecule has 5 nitrogen and oxygen atoms in total. The first-order chi connectivity index (χ1) is 9.28. The number of carboxylic acids is 1. The minimum Gasteiger partial charge on any atom is -0.481 e. The highest BCUT2D eigenvalue weighted by Crippen LogP contribution is 2.41. The third-order valence-electron chi connectivity index (χ3n) is 3.54. The second kappa shape index (κ2) is 5.38. The normalized spacial score (nSPS) is 17.9. The van der Waals surface area contributed by atoms with Crippen molar-refractivity contribution in [2.24, 2.45) is 5.41 Å². The Morgan fingerprint density at radius 2 is 2.10 bits per heavy atom. The Labute approximate surface area is 118 Å². The van der Waals surface area contributed by atoms with Crippen LogP contribution in [0, 0.1) is 5.41 Å². The molecule has 20 heavy (non-hydrogen) atoms. The predicted molar refractivity (Wildman–Crippen MR) is 68.4 cm³/mol. The van der Waals surface area contributed by atoms with Crippen LogP contribution >= 0.6 is 11.3 Å². The molecule has 0 saturated heterocycles. The van der Waals surface area contributed by atoms with Gasteiger partial charge in [-0.15, -0.1) is 0 Å². The fraction of sp³-hybridized carbons (Fsp3) is 0.545. The maximum Gasteiger partial charge on any atom is 0.310 e. The van der Waals surface area contributed by atoms with Gasteiger partial charge in [-0.2, -0.15) is 11.3 Å². The van der Waals surface area contributed by atoms with E-state index in [4.69, 9.17) is 5.11 Å². The number of hydrogen-bond donors (Lipinski definition) is 2. The molecular formula is C11H13F2NO4S2. The monoisotopic (exact) mass is 325 g/mol. The van der Waals surface area contributed by atoms with Gasteiger partial charge in [0, 0.05) is 22.9 Å². The highest BCUT2D eigenvalue weighted by atomic mass is 32.2. The van der Waals surface area contributed by atoms with Gasteiger partial charge in [-0.05, 0) is 12.8 Å². The second-order valence-corrected chi connectivity index (χ2v) is 7.23. The number of alkyl halides is 2. The summed E-state index contributed by atoms with van der Waals surface area (Å²) in [6, 6.07) is 0. The maximum atomic E-state index is 12.7. The van der Waals surface area contributed by atoms with Crippen LogP contribution in [0.25, 0.3) is 0 Å². The van der Waals surface area contributed by atoms with Crippen molar-refractivity contribution in [2.45, 2.75) is 30.6 Å². The molecule has 2 rings (SSSR count). The molecule has 1 aliphatic carbocycles. The van der Waals surface area contributed by atoms with E-state index in [2.05, 4.69) is 4.72 Å². The van der Waals surface area contributed by atoms with Gasteiger partial charge in [0.2, 0.25) is 10.0 Å². The van der Waals surface area contributed by atoms with E-state index in [-0.39, 0.29) is 6.54 Å². The first-order valence-electron chi connectivity index (χ1n) is 5.86. The lowest BCUT2D eigenvalue weighted by atomic mass is 9.69. The lowest BCUT2D eigenvalue weighted by Crippen LogP contribution is -2.47. The van der Waals surface area contributed by atoms with E-state index in [0.717, 1.165) is 28.5 Å². The van der Waals surface area contributed by atoms with Crippen LogP contribution in [-0.2, 0) is 14.8 Å². The van der Waals surface area contributed by atoms with E-state index in [1.165, 1.54) is 0 Å². The third kappa shape index (κ3) is 2.70. The van der Waals surface area contributed by atoms with Gasteiger partial charge in [0.15, 0.2) is 0 Å². The van der Waals surface area contributed by atoms with Crippen molar-refractivity contribution >= 4 is 27.3 Å². The molecule has 0 amide bonds. The highest BCUT2D eigenvalue weighted by molar-refractivity contribution is 7.89. The second-order valence-electron chi connectivity index (χ2n) is 4.76. The summed E-state index contributed by atoms with van der Waals surface area (Å²) in [5.41, 5.74) is -1.66. The summed E-state index contributed by atoms with van der Waals surface area (Å²) < 4.78 is 51.5. The highest BCUT2D eigenvalue weighted by Gasteiger charge is 2.45. The van der Waals surface area contributed by atoms with Crippen LogP contribution < -0.4 is 4.72 Å². The van der Waals surface area contributed by atoms with Crippen LogP contribution in [0.15, 0.2) is 15.7 Å². The molecule has 2 N–H and O–H groups in total. The average molecular weight is 325 g/mol. The van der Waals surface area contributed by atoms with E-state index in [1.807, 2.05) is 0 Å². The van der Waals surface area contributed by atoms with Crippen molar-refractivity contribution in [1.82, 2.24) is 4.72 Å². The molecular weight excluding hydrogens is 312 g/mol. The van der Waals surface area contributed by atoms with Gasteiger partial charge in [0.05, 0.1) is 5.41 Å². The Bertz CT molecular complexity index is 608. The zero-order valence-electron chi connectivity index (χ0n) is 10.3. The molecule has 0 radical (unpaired) electrons. The topological polar surface area (TPSA) is 83.5 Å². The number of carboxylic acid groups (broad SMARTS) is 1. The van der Waals surface area contributed by atoms with Crippen LogP contribution in [0.3, 0.4) is 0 Å². The lowest BCUT2D eigenvalue weighted by molar-refractivity contribution is -0.153. The fourth-order valence-electron chi connectivity index (χ4n) is 2.05. The number of rotatable bonds is 6. The van der Waals surface area contributed by atoms with Crippen molar-refractivity contribution in [1.29, 1.82) is 0 Å². The number of hydrogen-bond acceptors (Lipinski definition) is 4. The fourth-order valence-corrected chi connectivity index (χ4v) is 4.59. The van der Waals surface area contributed by atoms with Crippen LogP contribution in [-0.4, -0.2) is 26.0 Å². The van der Waals surface area contributed by atoms with Gasteiger partial charge in [-0.25, -0.2) is 21.9 Å². The third-order valence-corrected chi connectivity index (χ3v) is 5.91. The van der Waals surface area contributed by atoms with E-state index in [1.54, 1.807) is 0 Å². The first-order valence-corrected chi connectivity index (χ1v) is 8.28.